The lowest BCUT2D eigenvalue weighted by Gasteiger charge is -2.16. The number of amides is 1. The zero-order valence-corrected chi connectivity index (χ0v) is 15.6. The van der Waals surface area contributed by atoms with E-state index >= 15 is 0 Å². The minimum Gasteiger partial charge on any atom is -0.357 e. The fraction of sp³-hybridized carbons (Fsp3) is 0.524. The van der Waals surface area contributed by atoms with Crippen LogP contribution in [0.4, 0.5) is 5.69 Å². The van der Waals surface area contributed by atoms with Crippen molar-refractivity contribution in [2.24, 2.45) is 10.9 Å². The second-order valence-electron chi connectivity index (χ2n) is 7.15. The van der Waals surface area contributed by atoms with E-state index in [4.69, 9.17) is 4.99 Å². The van der Waals surface area contributed by atoms with E-state index in [-0.39, 0.29) is 11.8 Å². The summed E-state index contributed by atoms with van der Waals surface area (Å²) in [6.45, 7) is 3.50. The average Bonchev–Trinajstić information content (AvgIpc) is 3.34. The molecule has 5 heteroatoms. The topological polar surface area (TPSA) is 65.5 Å². The quantitative estimate of drug-likeness (QED) is 0.415. The molecule has 1 saturated carbocycles. The van der Waals surface area contributed by atoms with E-state index in [9.17, 15) is 4.79 Å². The maximum Gasteiger partial charge on any atom is 0.227 e. The van der Waals surface area contributed by atoms with Gasteiger partial charge in [0.25, 0.3) is 0 Å². The molecule has 0 atom stereocenters. The summed E-state index contributed by atoms with van der Waals surface area (Å²) in [5.41, 5.74) is 1.96. The van der Waals surface area contributed by atoms with Gasteiger partial charge in [0.2, 0.25) is 5.91 Å². The highest BCUT2D eigenvalue weighted by molar-refractivity contribution is 5.92. The number of nitrogens with one attached hydrogen (secondary N) is 3. The van der Waals surface area contributed by atoms with Crippen molar-refractivity contribution in [3.05, 3.63) is 42.0 Å². The first-order chi connectivity index (χ1) is 12.7. The number of guanidine groups is 1. The predicted molar refractivity (Wildman–Crippen MR) is 107 cm³/mol. The van der Waals surface area contributed by atoms with Crippen molar-refractivity contribution in [3.8, 4) is 0 Å². The Hall–Kier alpha value is -2.30. The maximum atomic E-state index is 12.3. The molecule has 0 saturated heterocycles. The van der Waals surface area contributed by atoms with Crippen LogP contribution in [-0.4, -0.2) is 24.5 Å². The van der Waals surface area contributed by atoms with Gasteiger partial charge < -0.3 is 16.0 Å². The van der Waals surface area contributed by atoms with Crippen LogP contribution in [0.1, 0.15) is 51.0 Å². The molecule has 0 unspecified atom stereocenters. The summed E-state index contributed by atoms with van der Waals surface area (Å²) < 4.78 is 0. The van der Waals surface area contributed by atoms with Crippen LogP contribution in [0.25, 0.3) is 0 Å². The Kier molecular flexibility index (Phi) is 6.69. The minimum absolute atomic E-state index is 0.159. The summed E-state index contributed by atoms with van der Waals surface area (Å²) in [6.07, 6.45) is 10.9. The highest BCUT2D eigenvalue weighted by Gasteiger charge is 2.22. The van der Waals surface area contributed by atoms with Crippen molar-refractivity contribution in [1.29, 1.82) is 0 Å². The molecule has 140 valence electrons. The first-order valence-corrected chi connectivity index (χ1v) is 9.84. The van der Waals surface area contributed by atoms with Gasteiger partial charge in [0, 0.05) is 24.2 Å². The lowest BCUT2D eigenvalue weighted by Crippen LogP contribution is -2.42. The van der Waals surface area contributed by atoms with Gasteiger partial charge in [0.05, 0.1) is 6.54 Å². The van der Waals surface area contributed by atoms with Gasteiger partial charge in [-0.05, 0) is 50.3 Å². The summed E-state index contributed by atoms with van der Waals surface area (Å²) in [5.74, 6) is 1.19. The monoisotopic (exact) mass is 354 g/mol. The number of carbonyl (C=O) groups is 1. The lowest BCUT2D eigenvalue weighted by atomic mass is 10.1. The number of nitrogens with zero attached hydrogens (tertiary/aromatic N) is 1. The Balaban J connectivity index is 1.58. The fourth-order valence-electron chi connectivity index (χ4n) is 3.60. The second kappa shape index (κ2) is 9.41. The van der Waals surface area contributed by atoms with Gasteiger partial charge in [-0.1, -0.05) is 37.1 Å². The molecule has 0 aliphatic heterocycles. The van der Waals surface area contributed by atoms with Crippen LogP contribution in [0.2, 0.25) is 0 Å². The molecule has 5 nitrogen and oxygen atoms in total. The van der Waals surface area contributed by atoms with Gasteiger partial charge in [0.15, 0.2) is 5.96 Å². The number of carbonyl (C=O) groups excluding carboxylic acids is 1. The Morgan fingerprint density at radius 1 is 1.19 bits per heavy atom. The zero-order valence-electron chi connectivity index (χ0n) is 15.6. The largest absolute Gasteiger partial charge is 0.357 e. The molecule has 0 spiro atoms. The van der Waals surface area contributed by atoms with Gasteiger partial charge in [-0.3, -0.25) is 4.79 Å². The maximum absolute atomic E-state index is 12.3. The van der Waals surface area contributed by atoms with Crippen molar-refractivity contribution in [1.82, 2.24) is 10.6 Å². The molecule has 0 aromatic heterocycles. The molecule has 3 rings (SSSR count). The van der Waals surface area contributed by atoms with Crippen LogP contribution in [0, 0.1) is 5.92 Å². The SMILES string of the molecule is CCNC(=NCc1cccc(NC(=O)C2CCCC2)c1)NC1CC=CC1. The Morgan fingerprint density at radius 2 is 1.96 bits per heavy atom. The summed E-state index contributed by atoms with van der Waals surface area (Å²) in [4.78, 5) is 17.0. The molecule has 1 amide bonds. The van der Waals surface area contributed by atoms with E-state index in [0.717, 1.165) is 49.4 Å². The number of rotatable bonds is 6. The Labute approximate surface area is 156 Å². The molecule has 1 aromatic carbocycles. The van der Waals surface area contributed by atoms with Crippen molar-refractivity contribution in [2.75, 3.05) is 11.9 Å². The third kappa shape index (κ3) is 5.35. The average molecular weight is 354 g/mol. The molecule has 0 radical (unpaired) electrons. The van der Waals surface area contributed by atoms with E-state index in [0.29, 0.717) is 12.6 Å². The normalized spacial score (nSPS) is 18.3. The minimum atomic E-state index is 0.159. The van der Waals surface area contributed by atoms with Crippen molar-refractivity contribution >= 4 is 17.6 Å². The third-order valence-electron chi connectivity index (χ3n) is 5.03. The first kappa shape index (κ1) is 18.5. The molecule has 2 aliphatic carbocycles. The van der Waals surface area contributed by atoms with Gasteiger partial charge in [-0.25, -0.2) is 4.99 Å². The number of aliphatic imine (C=N–C) groups is 1. The number of anilines is 1. The Bertz CT molecular complexity index is 654. The van der Waals surface area contributed by atoms with Gasteiger partial charge in [-0.15, -0.1) is 0 Å². The second-order valence-corrected chi connectivity index (χ2v) is 7.15. The predicted octanol–water partition coefficient (Wildman–Crippen LogP) is 3.59. The van der Waals surface area contributed by atoms with E-state index in [1.54, 1.807) is 0 Å². The lowest BCUT2D eigenvalue weighted by molar-refractivity contribution is -0.119. The molecule has 0 heterocycles. The zero-order chi connectivity index (χ0) is 18.2. The van der Waals surface area contributed by atoms with Crippen molar-refractivity contribution < 1.29 is 4.79 Å². The highest BCUT2D eigenvalue weighted by Crippen LogP contribution is 2.26. The van der Waals surface area contributed by atoms with Crippen LogP contribution in [0.3, 0.4) is 0 Å². The third-order valence-corrected chi connectivity index (χ3v) is 5.03. The Morgan fingerprint density at radius 3 is 2.69 bits per heavy atom. The smallest absolute Gasteiger partial charge is 0.227 e. The summed E-state index contributed by atoms with van der Waals surface area (Å²) in [7, 11) is 0. The van der Waals surface area contributed by atoms with Crippen molar-refractivity contribution in [3.63, 3.8) is 0 Å². The summed E-state index contributed by atoms with van der Waals surface area (Å²) >= 11 is 0. The first-order valence-electron chi connectivity index (χ1n) is 9.84. The number of hydrogen-bond acceptors (Lipinski definition) is 2. The standard InChI is InChI=1S/C21H30N4O/c1-2-22-21(25-18-11-5-6-12-18)23-15-16-8-7-13-19(14-16)24-20(26)17-9-3-4-10-17/h5-8,13-14,17-18H,2-4,9-12,15H2,1H3,(H,24,26)(H2,22,23,25). The fourth-order valence-corrected chi connectivity index (χ4v) is 3.60. The van der Waals surface area contributed by atoms with Crippen LogP contribution in [-0.2, 0) is 11.3 Å². The molecular formula is C21H30N4O. The molecule has 1 fully saturated rings. The molecule has 2 aliphatic rings. The summed E-state index contributed by atoms with van der Waals surface area (Å²) in [5, 5.41) is 9.85. The molecule has 3 N–H and O–H groups in total. The van der Waals surface area contributed by atoms with Crippen LogP contribution in [0.5, 0.6) is 0 Å². The van der Waals surface area contributed by atoms with E-state index in [1.165, 1.54) is 12.8 Å². The molecule has 0 bridgehead atoms. The van der Waals surface area contributed by atoms with Crippen LogP contribution >= 0.6 is 0 Å². The van der Waals surface area contributed by atoms with Gasteiger partial charge in [-0.2, -0.15) is 0 Å². The molecule has 1 aromatic rings. The van der Waals surface area contributed by atoms with E-state index < -0.39 is 0 Å². The molecule has 26 heavy (non-hydrogen) atoms. The highest BCUT2D eigenvalue weighted by atomic mass is 16.1. The number of hydrogen-bond donors (Lipinski definition) is 3. The van der Waals surface area contributed by atoms with Gasteiger partial charge in [0.1, 0.15) is 0 Å². The molecular weight excluding hydrogens is 324 g/mol. The van der Waals surface area contributed by atoms with E-state index in [1.807, 2.05) is 18.2 Å². The van der Waals surface area contributed by atoms with E-state index in [2.05, 4.69) is 41.1 Å². The van der Waals surface area contributed by atoms with Crippen LogP contribution in [0.15, 0.2) is 41.4 Å². The summed E-state index contributed by atoms with van der Waals surface area (Å²) in [6, 6.07) is 8.45. The van der Waals surface area contributed by atoms with Gasteiger partial charge >= 0.3 is 0 Å². The van der Waals surface area contributed by atoms with Crippen LogP contribution < -0.4 is 16.0 Å². The number of benzene rings is 1. The van der Waals surface area contributed by atoms with Crippen molar-refractivity contribution in [2.45, 2.75) is 58.0 Å².